The van der Waals surface area contributed by atoms with Gasteiger partial charge in [-0.05, 0) is 43.7 Å². The molecule has 1 N–H and O–H groups in total. The van der Waals surface area contributed by atoms with E-state index in [-0.39, 0.29) is 5.91 Å². The Morgan fingerprint density at radius 3 is 2.75 bits per heavy atom. The highest BCUT2D eigenvalue weighted by Crippen LogP contribution is 2.24. The van der Waals surface area contributed by atoms with Crippen LogP contribution in [0.3, 0.4) is 0 Å². The number of carbonyl (C=O) groups is 1. The normalized spacial score (nSPS) is 11.1. The Kier molecular flexibility index (Phi) is 4.74. The number of rotatable bonds is 5. The number of aryl methyl sites for hydroxylation is 3. The zero-order valence-corrected chi connectivity index (χ0v) is 16.3. The Morgan fingerprint density at radius 2 is 1.89 bits per heavy atom. The first-order valence-corrected chi connectivity index (χ1v) is 9.36. The highest BCUT2D eigenvalue weighted by Gasteiger charge is 2.13. The maximum absolute atomic E-state index is 12.6. The molecular formula is C23H23N3O2. The van der Waals surface area contributed by atoms with Crippen LogP contribution in [0.2, 0.25) is 0 Å². The number of nitrogens with zero attached hydrogens (tertiary/aromatic N) is 2. The van der Waals surface area contributed by atoms with Crippen molar-refractivity contribution in [2.75, 3.05) is 13.2 Å². The number of aromatic nitrogens is 2. The molecule has 0 unspecified atom stereocenters. The Morgan fingerprint density at radius 1 is 1.07 bits per heavy atom. The van der Waals surface area contributed by atoms with Crippen LogP contribution in [0.25, 0.3) is 21.8 Å². The summed E-state index contributed by atoms with van der Waals surface area (Å²) in [6, 6.07) is 18.0. The number of benzene rings is 2. The lowest BCUT2D eigenvalue weighted by Gasteiger charge is -2.10. The quantitative estimate of drug-likeness (QED) is 0.535. The van der Waals surface area contributed by atoms with Crippen LogP contribution in [0, 0.1) is 13.8 Å². The summed E-state index contributed by atoms with van der Waals surface area (Å²) < 4.78 is 7.81. The lowest BCUT2D eigenvalue weighted by Crippen LogP contribution is -2.29. The predicted octanol–water partition coefficient (Wildman–Crippen LogP) is 4.15. The Hall–Kier alpha value is -3.34. The van der Waals surface area contributed by atoms with Crippen molar-refractivity contribution in [2.45, 2.75) is 13.8 Å². The third-order valence-corrected chi connectivity index (χ3v) is 4.90. The topological polar surface area (TPSA) is 56.1 Å². The summed E-state index contributed by atoms with van der Waals surface area (Å²) in [6.07, 6.45) is 0. The summed E-state index contributed by atoms with van der Waals surface area (Å²) in [4.78, 5) is 17.2. The lowest BCUT2D eigenvalue weighted by atomic mass is 10.2. The summed E-state index contributed by atoms with van der Waals surface area (Å²) in [5, 5.41) is 5.04. The van der Waals surface area contributed by atoms with Crippen LogP contribution in [0.15, 0.2) is 54.6 Å². The number of hydrogen-bond acceptors (Lipinski definition) is 3. The van der Waals surface area contributed by atoms with Crippen LogP contribution in [-0.4, -0.2) is 28.6 Å². The zero-order valence-electron chi connectivity index (χ0n) is 16.3. The molecule has 0 fully saturated rings. The molecule has 0 aliphatic heterocycles. The van der Waals surface area contributed by atoms with E-state index in [4.69, 9.17) is 4.74 Å². The molecule has 5 nitrogen and oxygen atoms in total. The minimum absolute atomic E-state index is 0.105. The number of ether oxygens (including phenoxy) is 1. The minimum atomic E-state index is -0.105. The fourth-order valence-corrected chi connectivity index (χ4v) is 3.41. The zero-order chi connectivity index (χ0) is 19.7. The van der Waals surface area contributed by atoms with Crippen LogP contribution < -0.4 is 10.1 Å². The summed E-state index contributed by atoms with van der Waals surface area (Å²) in [5.41, 5.74) is 4.66. The second kappa shape index (κ2) is 7.35. The molecule has 2 heterocycles. The van der Waals surface area contributed by atoms with Gasteiger partial charge >= 0.3 is 0 Å². The summed E-state index contributed by atoms with van der Waals surface area (Å²) in [6.45, 7) is 4.81. The van der Waals surface area contributed by atoms with E-state index >= 15 is 0 Å². The second-order valence-corrected chi connectivity index (χ2v) is 7.04. The number of amides is 1. The van der Waals surface area contributed by atoms with Gasteiger partial charge in [0.05, 0.1) is 6.54 Å². The van der Waals surface area contributed by atoms with E-state index in [1.807, 2.05) is 67.9 Å². The Bertz CT molecular complexity index is 1180. The van der Waals surface area contributed by atoms with Gasteiger partial charge in [-0.1, -0.05) is 30.3 Å². The number of nitrogens with one attached hydrogen (secondary N) is 1. The molecule has 0 saturated heterocycles. The van der Waals surface area contributed by atoms with Crippen LogP contribution >= 0.6 is 0 Å². The molecule has 0 aliphatic rings. The molecule has 142 valence electrons. The SMILES string of the molecule is Cc1ccc2cc(C(=O)NCCOc3cccc4ccc(C)nc34)n(C)c2c1. The van der Waals surface area contributed by atoms with Gasteiger partial charge in [-0.15, -0.1) is 0 Å². The van der Waals surface area contributed by atoms with Gasteiger partial charge in [-0.3, -0.25) is 4.79 Å². The Labute approximate surface area is 164 Å². The monoisotopic (exact) mass is 373 g/mol. The minimum Gasteiger partial charge on any atom is -0.489 e. The molecule has 0 saturated carbocycles. The second-order valence-electron chi connectivity index (χ2n) is 7.04. The third-order valence-electron chi connectivity index (χ3n) is 4.90. The first kappa shape index (κ1) is 18.0. The molecule has 4 rings (SSSR count). The average molecular weight is 373 g/mol. The molecule has 2 aromatic carbocycles. The smallest absolute Gasteiger partial charge is 0.268 e. The highest BCUT2D eigenvalue weighted by atomic mass is 16.5. The van der Waals surface area contributed by atoms with E-state index < -0.39 is 0 Å². The number of hydrogen-bond donors (Lipinski definition) is 1. The van der Waals surface area contributed by atoms with Gasteiger partial charge in [0.25, 0.3) is 5.91 Å². The summed E-state index contributed by atoms with van der Waals surface area (Å²) >= 11 is 0. The molecule has 4 aromatic rings. The van der Waals surface area contributed by atoms with Crippen molar-refractivity contribution in [3.05, 3.63) is 71.5 Å². The number of fused-ring (bicyclic) bond motifs is 2. The van der Waals surface area contributed by atoms with E-state index in [1.54, 1.807) is 0 Å². The van der Waals surface area contributed by atoms with E-state index in [0.29, 0.717) is 18.8 Å². The van der Waals surface area contributed by atoms with E-state index in [9.17, 15) is 4.79 Å². The number of para-hydroxylation sites is 1. The maximum atomic E-state index is 12.6. The van der Waals surface area contributed by atoms with E-state index in [0.717, 1.165) is 33.2 Å². The van der Waals surface area contributed by atoms with Crippen LogP contribution in [0.4, 0.5) is 0 Å². The van der Waals surface area contributed by atoms with Gasteiger partial charge < -0.3 is 14.6 Å². The third kappa shape index (κ3) is 3.43. The molecule has 28 heavy (non-hydrogen) atoms. The van der Waals surface area contributed by atoms with Gasteiger partial charge in [0, 0.05) is 29.0 Å². The molecule has 0 aliphatic carbocycles. The Balaban J connectivity index is 1.41. The van der Waals surface area contributed by atoms with Gasteiger partial charge in [0.15, 0.2) is 0 Å². The van der Waals surface area contributed by atoms with Crippen LogP contribution in [-0.2, 0) is 7.05 Å². The first-order valence-electron chi connectivity index (χ1n) is 9.36. The highest BCUT2D eigenvalue weighted by molar-refractivity contribution is 5.98. The molecular weight excluding hydrogens is 350 g/mol. The number of carbonyl (C=O) groups excluding carboxylic acids is 1. The van der Waals surface area contributed by atoms with Crippen molar-refractivity contribution >= 4 is 27.7 Å². The van der Waals surface area contributed by atoms with E-state index in [1.165, 1.54) is 5.56 Å². The largest absolute Gasteiger partial charge is 0.489 e. The molecule has 0 radical (unpaired) electrons. The van der Waals surface area contributed by atoms with Gasteiger partial charge in [-0.2, -0.15) is 0 Å². The standard InChI is InChI=1S/C23H23N3O2/c1-15-7-9-18-14-20(26(3)19(18)13-15)23(27)24-11-12-28-21-6-4-5-17-10-8-16(2)25-22(17)21/h4-10,13-14H,11-12H2,1-3H3,(H,24,27). The molecule has 2 aromatic heterocycles. The van der Waals surface area contributed by atoms with Gasteiger partial charge in [-0.25, -0.2) is 4.98 Å². The fourth-order valence-electron chi connectivity index (χ4n) is 3.41. The predicted molar refractivity (Wildman–Crippen MR) is 112 cm³/mol. The molecule has 1 amide bonds. The molecule has 0 atom stereocenters. The van der Waals surface area contributed by atoms with Crippen molar-refractivity contribution in [1.29, 1.82) is 0 Å². The van der Waals surface area contributed by atoms with Gasteiger partial charge in [0.1, 0.15) is 23.6 Å². The van der Waals surface area contributed by atoms with Gasteiger partial charge in [0.2, 0.25) is 0 Å². The molecule has 5 heteroatoms. The lowest BCUT2D eigenvalue weighted by molar-refractivity contribution is 0.0939. The van der Waals surface area contributed by atoms with Crippen LogP contribution in [0.1, 0.15) is 21.7 Å². The summed E-state index contributed by atoms with van der Waals surface area (Å²) in [7, 11) is 1.91. The molecule has 0 bridgehead atoms. The maximum Gasteiger partial charge on any atom is 0.268 e. The first-order chi connectivity index (χ1) is 13.5. The van der Waals surface area contributed by atoms with Crippen LogP contribution in [0.5, 0.6) is 5.75 Å². The van der Waals surface area contributed by atoms with Crippen molar-refractivity contribution in [3.63, 3.8) is 0 Å². The fraction of sp³-hybridized carbons (Fsp3) is 0.217. The van der Waals surface area contributed by atoms with Crippen molar-refractivity contribution < 1.29 is 9.53 Å². The van der Waals surface area contributed by atoms with E-state index in [2.05, 4.69) is 22.4 Å². The average Bonchev–Trinajstić information content (AvgIpc) is 3.01. The van der Waals surface area contributed by atoms with Crippen molar-refractivity contribution in [2.24, 2.45) is 7.05 Å². The molecule has 0 spiro atoms. The number of pyridine rings is 1. The summed E-state index contributed by atoms with van der Waals surface area (Å²) in [5.74, 6) is 0.627. The van der Waals surface area contributed by atoms with Crippen molar-refractivity contribution in [3.8, 4) is 5.75 Å². The van der Waals surface area contributed by atoms with Crippen molar-refractivity contribution in [1.82, 2.24) is 14.9 Å².